The van der Waals surface area contributed by atoms with Gasteiger partial charge in [-0.15, -0.1) is 0 Å². The van der Waals surface area contributed by atoms with Gasteiger partial charge >= 0.3 is 0 Å². The summed E-state index contributed by atoms with van der Waals surface area (Å²) in [5.74, 6) is 1.62. The summed E-state index contributed by atoms with van der Waals surface area (Å²) in [6.07, 6.45) is 11.2. The van der Waals surface area contributed by atoms with Gasteiger partial charge in [0.1, 0.15) is 0 Å². The zero-order chi connectivity index (χ0) is 12.6. The molecular weight excluding hydrogens is 222 g/mol. The highest BCUT2D eigenvalue weighted by molar-refractivity contribution is 4.99. The molecule has 0 aromatic heterocycles. The van der Waals surface area contributed by atoms with Gasteiger partial charge in [-0.2, -0.15) is 0 Å². The largest absolute Gasteiger partial charge is 0.369 e. The summed E-state index contributed by atoms with van der Waals surface area (Å²) in [6, 6.07) is 0.620. The molecule has 1 N–H and O–H groups in total. The average Bonchev–Trinajstić information content (AvgIpc) is 2.54. The summed E-state index contributed by atoms with van der Waals surface area (Å²) in [5, 5.41) is 3.85. The van der Waals surface area contributed by atoms with E-state index in [1.54, 1.807) is 0 Å². The lowest BCUT2D eigenvalue weighted by Crippen LogP contribution is -2.62. The van der Waals surface area contributed by atoms with Crippen molar-refractivity contribution in [3.63, 3.8) is 0 Å². The average molecular weight is 251 g/mol. The highest BCUT2D eigenvalue weighted by Crippen LogP contribution is 2.40. The van der Waals surface area contributed by atoms with Crippen molar-refractivity contribution in [2.75, 3.05) is 6.54 Å². The monoisotopic (exact) mass is 251 g/mol. The highest BCUT2D eigenvalue weighted by Gasteiger charge is 2.45. The molecule has 3 rings (SSSR count). The van der Waals surface area contributed by atoms with E-state index < -0.39 is 0 Å². The van der Waals surface area contributed by atoms with Crippen molar-refractivity contribution in [3.05, 3.63) is 0 Å². The van der Waals surface area contributed by atoms with Crippen LogP contribution >= 0.6 is 0 Å². The molecule has 2 saturated carbocycles. The van der Waals surface area contributed by atoms with E-state index in [2.05, 4.69) is 19.2 Å². The predicted molar refractivity (Wildman–Crippen MR) is 74.7 cm³/mol. The van der Waals surface area contributed by atoms with E-state index in [-0.39, 0.29) is 5.60 Å². The van der Waals surface area contributed by atoms with E-state index in [4.69, 9.17) is 4.74 Å². The normalized spacial score (nSPS) is 44.3. The van der Waals surface area contributed by atoms with Crippen LogP contribution in [0.25, 0.3) is 0 Å². The molecule has 18 heavy (non-hydrogen) atoms. The van der Waals surface area contributed by atoms with E-state index in [9.17, 15) is 0 Å². The van der Waals surface area contributed by atoms with Gasteiger partial charge in [0.2, 0.25) is 0 Å². The SMILES string of the molecule is CC1CC(C)C2NCC3(CCCCCC3)OC2C1. The lowest BCUT2D eigenvalue weighted by molar-refractivity contribution is -0.165. The van der Waals surface area contributed by atoms with E-state index >= 15 is 0 Å². The summed E-state index contributed by atoms with van der Waals surface area (Å²) in [4.78, 5) is 0. The number of hydrogen-bond acceptors (Lipinski definition) is 2. The Morgan fingerprint density at radius 1 is 1.00 bits per heavy atom. The minimum atomic E-state index is 0.189. The van der Waals surface area contributed by atoms with Crippen LogP contribution in [0.2, 0.25) is 0 Å². The van der Waals surface area contributed by atoms with Crippen LogP contribution in [-0.2, 0) is 4.74 Å². The summed E-state index contributed by atoms with van der Waals surface area (Å²) in [5.41, 5.74) is 0.189. The third kappa shape index (κ3) is 2.46. The highest BCUT2D eigenvalue weighted by atomic mass is 16.5. The zero-order valence-electron chi connectivity index (χ0n) is 12.1. The first kappa shape index (κ1) is 12.9. The van der Waals surface area contributed by atoms with Crippen molar-refractivity contribution >= 4 is 0 Å². The van der Waals surface area contributed by atoms with Crippen molar-refractivity contribution in [1.29, 1.82) is 0 Å². The zero-order valence-corrected chi connectivity index (χ0v) is 12.1. The number of morpholine rings is 1. The maximum atomic E-state index is 6.68. The smallest absolute Gasteiger partial charge is 0.0810 e. The molecule has 0 aromatic rings. The Balaban J connectivity index is 1.71. The molecule has 4 unspecified atom stereocenters. The van der Waals surface area contributed by atoms with Gasteiger partial charge in [-0.1, -0.05) is 39.5 Å². The van der Waals surface area contributed by atoms with Crippen molar-refractivity contribution in [3.8, 4) is 0 Å². The van der Waals surface area contributed by atoms with E-state index in [1.807, 2.05) is 0 Å². The first-order valence-corrected chi connectivity index (χ1v) is 8.10. The van der Waals surface area contributed by atoms with Crippen LogP contribution in [0.15, 0.2) is 0 Å². The van der Waals surface area contributed by atoms with Crippen LogP contribution in [0.1, 0.15) is 65.2 Å². The summed E-state index contributed by atoms with van der Waals surface area (Å²) in [6.45, 7) is 5.89. The van der Waals surface area contributed by atoms with Crippen LogP contribution in [0.4, 0.5) is 0 Å². The number of hydrogen-bond donors (Lipinski definition) is 1. The third-order valence-electron chi connectivity index (χ3n) is 5.50. The molecule has 0 aromatic carbocycles. The van der Waals surface area contributed by atoms with Gasteiger partial charge < -0.3 is 10.1 Å². The molecule has 2 heteroatoms. The van der Waals surface area contributed by atoms with E-state index in [0.29, 0.717) is 12.1 Å². The Labute approximate surface area is 112 Å². The van der Waals surface area contributed by atoms with E-state index in [0.717, 1.165) is 18.4 Å². The fraction of sp³-hybridized carbons (Fsp3) is 1.00. The molecule has 3 aliphatic rings. The molecule has 3 fully saturated rings. The second-order valence-corrected chi connectivity index (χ2v) is 7.21. The molecule has 4 atom stereocenters. The summed E-state index contributed by atoms with van der Waals surface area (Å²) in [7, 11) is 0. The fourth-order valence-electron chi connectivity index (χ4n) is 4.58. The van der Waals surface area contributed by atoms with Gasteiger partial charge in [-0.3, -0.25) is 0 Å². The van der Waals surface area contributed by atoms with Crippen LogP contribution in [0, 0.1) is 11.8 Å². The maximum Gasteiger partial charge on any atom is 0.0810 e. The van der Waals surface area contributed by atoms with Gasteiger partial charge in [0.25, 0.3) is 0 Å². The van der Waals surface area contributed by atoms with Crippen molar-refractivity contribution < 1.29 is 4.74 Å². The molecule has 1 saturated heterocycles. The molecule has 1 heterocycles. The molecule has 0 amide bonds. The van der Waals surface area contributed by atoms with Crippen LogP contribution in [0.3, 0.4) is 0 Å². The Morgan fingerprint density at radius 3 is 2.44 bits per heavy atom. The van der Waals surface area contributed by atoms with Gasteiger partial charge in [-0.25, -0.2) is 0 Å². The van der Waals surface area contributed by atoms with Crippen LogP contribution in [-0.4, -0.2) is 24.3 Å². The molecule has 1 spiro atoms. The minimum Gasteiger partial charge on any atom is -0.369 e. The maximum absolute atomic E-state index is 6.68. The second-order valence-electron chi connectivity index (χ2n) is 7.21. The van der Waals surface area contributed by atoms with E-state index in [1.165, 1.54) is 51.4 Å². The molecule has 1 aliphatic heterocycles. The number of rotatable bonds is 0. The molecule has 2 aliphatic carbocycles. The Kier molecular flexibility index (Phi) is 3.68. The topological polar surface area (TPSA) is 21.3 Å². The number of nitrogens with one attached hydrogen (secondary N) is 1. The molecule has 0 bridgehead atoms. The second kappa shape index (κ2) is 5.13. The minimum absolute atomic E-state index is 0.189. The van der Waals surface area contributed by atoms with Crippen molar-refractivity contribution in [2.45, 2.75) is 83.0 Å². The first-order valence-electron chi connectivity index (χ1n) is 8.10. The number of ether oxygens (including phenoxy) is 1. The molecule has 0 radical (unpaired) electrons. The van der Waals surface area contributed by atoms with Crippen molar-refractivity contribution in [1.82, 2.24) is 5.32 Å². The Morgan fingerprint density at radius 2 is 1.72 bits per heavy atom. The molecule has 2 nitrogen and oxygen atoms in total. The summed E-state index contributed by atoms with van der Waals surface area (Å²) < 4.78 is 6.68. The lowest BCUT2D eigenvalue weighted by Gasteiger charge is -2.50. The van der Waals surface area contributed by atoms with Gasteiger partial charge in [0, 0.05) is 12.6 Å². The molecular formula is C16H29NO. The predicted octanol–water partition coefficient (Wildman–Crippen LogP) is 3.50. The Hall–Kier alpha value is -0.0800. The van der Waals surface area contributed by atoms with Gasteiger partial charge in [0.15, 0.2) is 0 Å². The summed E-state index contributed by atoms with van der Waals surface area (Å²) >= 11 is 0. The first-order chi connectivity index (χ1) is 8.69. The molecule has 104 valence electrons. The van der Waals surface area contributed by atoms with Crippen LogP contribution in [0.5, 0.6) is 0 Å². The quantitative estimate of drug-likeness (QED) is 0.711. The van der Waals surface area contributed by atoms with Crippen LogP contribution < -0.4 is 5.32 Å². The Bertz CT molecular complexity index is 283. The fourth-order valence-corrected chi connectivity index (χ4v) is 4.58. The van der Waals surface area contributed by atoms with Gasteiger partial charge in [0.05, 0.1) is 11.7 Å². The van der Waals surface area contributed by atoms with Gasteiger partial charge in [-0.05, 0) is 37.5 Å². The lowest BCUT2D eigenvalue weighted by atomic mass is 9.75. The third-order valence-corrected chi connectivity index (χ3v) is 5.50. The number of fused-ring (bicyclic) bond motifs is 1. The standard InChI is InChI=1S/C16H29NO/c1-12-9-13(2)15-14(10-12)18-16(11-17-15)7-5-3-4-6-8-16/h12-15,17H,3-11H2,1-2H3. The van der Waals surface area contributed by atoms with Crippen molar-refractivity contribution in [2.24, 2.45) is 11.8 Å².